The van der Waals surface area contributed by atoms with Crippen LogP contribution < -0.4 is 5.73 Å². The summed E-state index contributed by atoms with van der Waals surface area (Å²) in [6.07, 6.45) is 7.62. The van der Waals surface area contributed by atoms with Crippen molar-refractivity contribution in [3.05, 3.63) is 18.0 Å². The molecule has 2 rings (SSSR count). The molecule has 1 heterocycles. The average molecular weight is 323 g/mol. The van der Waals surface area contributed by atoms with Gasteiger partial charge in [0.15, 0.2) is 0 Å². The first kappa shape index (κ1) is 19.2. The summed E-state index contributed by atoms with van der Waals surface area (Å²) in [6.45, 7) is 0.620. The summed E-state index contributed by atoms with van der Waals surface area (Å²) in [6, 6.07) is 0.209. The molecule has 20 heavy (non-hydrogen) atoms. The number of rotatable bonds is 4. The van der Waals surface area contributed by atoms with E-state index in [9.17, 15) is 4.79 Å². The first-order valence-corrected chi connectivity index (χ1v) is 6.53. The van der Waals surface area contributed by atoms with Crippen LogP contribution in [0, 0.1) is 5.92 Å². The molecule has 7 heteroatoms. The number of nitrogens with two attached hydrogens (primary N) is 1. The molecule has 0 saturated heterocycles. The molecule has 2 atom stereocenters. The van der Waals surface area contributed by atoms with E-state index >= 15 is 0 Å². The second-order valence-corrected chi connectivity index (χ2v) is 5.33. The molecule has 5 nitrogen and oxygen atoms in total. The Morgan fingerprint density at radius 2 is 2.20 bits per heavy atom. The van der Waals surface area contributed by atoms with Crippen molar-refractivity contribution in [2.45, 2.75) is 38.3 Å². The van der Waals surface area contributed by atoms with Gasteiger partial charge < -0.3 is 10.6 Å². The SMILES string of the molecule is CN(Cc1cnn(C)c1)C(=O)C[C@@H]1CCC[C@H]1N.Cl.Cl. The van der Waals surface area contributed by atoms with Crippen molar-refractivity contribution in [2.24, 2.45) is 18.7 Å². The zero-order valence-corrected chi connectivity index (χ0v) is 13.6. The van der Waals surface area contributed by atoms with Gasteiger partial charge in [0.2, 0.25) is 5.91 Å². The summed E-state index contributed by atoms with van der Waals surface area (Å²) in [5.74, 6) is 0.551. The summed E-state index contributed by atoms with van der Waals surface area (Å²) in [5.41, 5.74) is 7.06. The van der Waals surface area contributed by atoms with Gasteiger partial charge in [-0.25, -0.2) is 0 Å². The molecule has 0 bridgehead atoms. The monoisotopic (exact) mass is 322 g/mol. The zero-order chi connectivity index (χ0) is 13.1. The van der Waals surface area contributed by atoms with Crippen LogP contribution in [0.5, 0.6) is 0 Å². The van der Waals surface area contributed by atoms with Gasteiger partial charge in [-0.05, 0) is 18.8 Å². The van der Waals surface area contributed by atoms with Crippen LogP contribution >= 0.6 is 24.8 Å². The maximum Gasteiger partial charge on any atom is 0.222 e. The van der Waals surface area contributed by atoms with E-state index in [4.69, 9.17) is 5.73 Å². The highest BCUT2D eigenvalue weighted by Crippen LogP contribution is 2.27. The number of hydrogen-bond donors (Lipinski definition) is 1. The highest BCUT2D eigenvalue weighted by atomic mass is 35.5. The smallest absolute Gasteiger partial charge is 0.222 e. The molecule has 1 fully saturated rings. The molecule has 0 aromatic carbocycles. The summed E-state index contributed by atoms with van der Waals surface area (Å²) < 4.78 is 1.75. The Balaban J connectivity index is 0.00000180. The quantitative estimate of drug-likeness (QED) is 0.918. The molecule has 1 aromatic heterocycles. The number of carbonyl (C=O) groups is 1. The predicted octanol–water partition coefficient (Wildman–Crippen LogP) is 1.74. The van der Waals surface area contributed by atoms with E-state index in [1.165, 1.54) is 0 Å². The lowest BCUT2D eigenvalue weighted by Gasteiger charge is -2.20. The lowest BCUT2D eigenvalue weighted by atomic mass is 9.99. The van der Waals surface area contributed by atoms with E-state index < -0.39 is 0 Å². The predicted molar refractivity (Wildman–Crippen MR) is 84.1 cm³/mol. The number of nitrogens with zero attached hydrogens (tertiary/aromatic N) is 3. The van der Waals surface area contributed by atoms with E-state index in [0.29, 0.717) is 18.9 Å². The van der Waals surface area contributed by atoms with Crippen LogP contribution in [-0.4, -0.2) is 33.7 Å². The largest absolute Gasteiger partial charge is 0.341 e. The van der Waals surface area contributed by atoms with Crippen LogP contribution in [0.2, 0.25) is 0 Å². The zero-order valence-electron chi connectivity index (χ0n) is 12.0. The summed E-state index contributed by atoms with van der Waals surface area (Å²) in [5, 5.41) is 4.10. The van der Waals surface area contributed by atoms with Crippen LogP contribution in [0.25, 0.3) is 0 Å². The van der Waals surface area contributed by atoms with Crippen LogP contribution in [0.1, 0.15) is 31.2 Å². The molecule has 2 N–H and O–H groups in total. The lowest BCUT2D eigenvalue weighted by molar-refractivity contribution is -0.131. The standard InChI is InChI=1S/C13H22N4O.2ClH/c1-16(8-10-7-15-17(2)9-10)13(18)6-11-4-3-5-12(11)14;;/h7,9,11-12H,3-6,8,14H2,1-2H3;2*1H/t11-,12+;;/m0../s1. The number of carbonyl (C=O) groups excluding carboxylic acids is 1. The third-order valence-corrected chi connectivity index (χ3v) is 3.76. The summed E-state index contributed by atoms with van der Waals surface area (Å²) in [4.78, 5) is 13.9. The molecule has 0 radical (unpaired) electrons. The molecule has 1 aliphatic rings. The van der Waals surface area contributed by atoms with E-state index in [-0.39, 0.29) is 36.8 Å². The normalized spacial score (nSPS) is 20.9. The second-order valence-electron chi connectivity index (χ2n) is 5.33. The Labute approximate surface area is 132 Å². The minimum atomic E-state index is 0. The number of aryl methyl sites for hydroxylation is 1. The van der Waals surface area contributed by atoms with E-state index in [0.717, 1.165) is 24.8 Å². The molecule has 1 amide bonds. The molecule has 1 saturated carbocycles. The van der Waals surface area contributed by atoms with E-state index in [1.54, 1.807) is 15.8 Å². The van der Waals surface area contributed by atoms with Crippen molar-refractivity contribution in [1.82, 2.24) is 14.7 Å². The van der Waals surface area contributed by atoms with Gasteiger partial charge in [-0.3, -0.25) is 9.48 Å². The Hall–Kier alpha value is -0.780. The molecule has 0 aliphatic heterocycles. The van der Waals surface area contributed by atoms with Crippen LogP contribution in [-0.2, 0) is 18.4 Å². The van der Waals surface area contributed by atoms with Crippen LogP contribution in [0.3, 0.4) is 0 Å². The van der Waals surface area contributed by atoms with Gasteiger partial charge in [0, 0.05) is 44.9 Å². The molecular weight excluding hydrogens is 299 g/mol. The number of hydrogen-bond acceptors (Lipinski definition) is 3. The fraction of sp³-hybridized carbons (Fsp3) is 0.692. The molecule has 1 aromatic rings. The van der Waals surface area contributed by atoms with Crippen molar-refractivity contribution >= 4 is 30.7 Å². The van der Waals surface area contributed by atoms with Gasteiger partial charge >= 0.3 is 0 Å². The van der Waals surface area contributed by atoms with Gasteiger partial charge in [0.1, 0.15) is 0 Å². The molecule has 1 aliphatic carbocycles. The Bertz CT molecular complexity index is 424. The topological polar surface area (TPSA) is 64.2 Å². The van der Waals surface area contributed by atoms with Gasteiger partial charge in [-0.15, -0.1) is 24.8 Å². The molecule has 116 valence electrons. The van der Waals surface area contributed by atoms with Crippen molar-refractivity contribution in [2.75, 3.05) is 7.05 Å². The summed E-state index contributed by atoms with van der Waals surface area (Å²) >= 11 is 0. The van der Waals surface area contributed by atoms with Crippen molar-refractivity contribution in [1.29, 1.82) is 0 Å². The third-order valence-electron chi connectivity index (χ3n) is 3.76. The third kappa shape index (κ3) is 4.96. The maximum absolute atomic E-state index is 12.1. The Morgan fingerprint density at radius 3 is 2.70 bits per heavy atom. The van der Waals surface area contributed by atoms with E-state index in [1.807, 2.05) is 20.3 Å². The van der Waals surface area contributed by atoms with Gasteiger partial charge in [0.05, 0.1) is 6.20 Å². The lowest BCUT2D eigenvalue weighted by Crippen LogP contribution is -2.32. The number of amides is 1. The van der Waals surface area contributed by atoms with Crippen molar-refractivity contribution < 1.29 is 4.79 Å². The fourth-order valence-electron chi connectivity index (χ4n) is 2.61. The Kier molecular flexibility index (Phi) is 8.16. The van der Waals surface area contributed by atoms with Crippen molar-refractivity contribution in [3.63, 3.8) is 0 Å². The van der Waals surface area contributed by atoms with Gasteiger partial charge in [-0.2, -0.15) is 5.10 Å². The van der Waals surface area contributed by atoms with Crippen LogP contribution in [0.15, 0.2) is 12.4 Å². The van der Waals surface area contributed by atoms with E-state index in [2.05, 4.69) is 5.10 Å². The fourth-order valence-corrected chi connectivity index (χ4v) is 2.61. The first-order chi connectivity index (χ1) is 8.56. The summed E-state index contributed by atoms with van der Waals surface area (Å²) in [7, 11) is 3.72. The minimum Gasteiger partial charge on any atom is -0.341 e. The van der Waals surface area contributed by atoms with Gasteiger partial charge in [0.25, 0.3) is 0 Å². The highest BCUT2D eigenvalue weighted by Gasteiger charge is 2.27. The Morgan fingerprint density at radius 1 is 1.50 bits per heavy atom. The molecule has 0 unspecified atom stereocenters. The second kappa shape index (κ2) is 8.49. The minimum absolute atomic E-state index is 0. The van der Waals surface area contributed by atoms with Crippen LogP contribution in [0.4, 0.5) is 0 Å². The molecular formula is C13H24Cl2N4O. The maximum atomic E-state index is 12.1. The number of halogens is 2. The number of aromatic nitrogens is 2. The highest BCUT2D eigenvalue weighted by molar-refractivity contribution is 5.85. The molecule has 0 spiro atoms. The van der Waals surface area contributed by atoms with Gasteiger partial charge in [-0.1, -0.05) is 6.42 Å². The van der Waals surface area contributed by atoms with Crippen molar-refractivity contribution in [3.8, 4) is 0 Å². The average Bonchev–Trinajstić information content (AvgIpc) is 2.89. The first-order valence-electron chi connectivity index (χ1n) is 6.53.